The van der Waals surface area contributed by atoms with Crippen LogP contribution in [0.2, 0.25) is 0 Å². The normalized spacial score (nSPS) is 16.0. The first-order valence-corrected chi connectivity index (χ1v) is 7.57. The van der Waals surface area contributed by atoms with Crippen molar-refractivity contribution in [2.75, 3.05) is 6.61 Å². The van der Waals surface area contributed by atoms with Crippen LogP contribution in [0.4, 0.5) is 0 Å². The zero-order valence-electron chi connectivity index (χ0n) is 12.1. The number of rotatable bonds is 7. The van der Waals surface area contributed by atoms with E-state index in [9.17, 15) is 4.79 Å². The summed E-state index contributed by atoms with van der Waals surface area (Å²) >= 11 is 4.79. The number of nitrogens with one attached hydrogen (secondary N) is 1. The maximum absolute atomic E-state index is 11.5. The summed E-state index contributed by atoms with van der Waals surface area (Å²) in [6.07, 6.45) is 6.35. The Morgan fingerprint density at radius 3 is 2.90 bits per heavy atom. The highest BCUT2D eigenvalue weighted by Gasteiger charge is 2.22. The van der Waals surface area contributed by atoms with Gasteiger partial charge >= 0.3 is 0 Å². The molecule has 112 valence electrons. The molecule has 0 spiro atoms. The Morgan fingerprint density at radius 2 is 2.19 bits per heavy atom. The number of carbonyl (C=O) groups excluding carboxylic acids is 1. The average molecular weight is 305 g/mol. The largest absolute Gasteiger partial charge is 0.494 e. The molecule has 0 aliphatic carbocycles. The second-order valence-corrected chi connectivity index (χ2v) is 5.20. The number of benzene rings is 1. The fourth-order valence-electron chi connectivity index (χ4n) is 1.99. The van der Waals surface area contributed by atoms with Crippen molar-refractivity contribution in [2.45, 2.75) is 32.6 Å². The molecule has 1 aliphatic rings. The van der Waals surface area contributed by atoms with Crippen LogP contribution in [0.15, 0.2) is 30.0 Å². The Labute approximate surface area is 130 Å². The molecule has 1 aliphatic heterocycles. The van der Waals surface area contributed by atoms with E-state index in [1.54, 1.807) is 6.08 Å². The van der Waals surface area contributed by atoms with Gasteiger partial charge in [0.1, 0.15) is 5.75 Å². The van der Waals surface area contributed by atoms with Crippen LogP contribution in [0, 0.1) is 0 Å². The van der Waals surface area contributed by atoms with Crippen molar-refractivity contribution in [3.05, 3.63) is 35.6 Å². The fraction of sp³-hybridized carbons (Fsp3) is 0.375. The summed E-state index contributed by atoms with van der Waals surface area (Å²) in [6, 6.07) is 7.56. The SMILES string of the molecule is CCCCCCOc1cccc(C=C2OC(=S)NC2=O)c1. The standard InChI is InChI=1S/C16H19NO3S/c1-2-3-4-5-9-19-13-8-6-7-12(10-13)11-14-15(18)17-16(21)20-14/h6-8,10-11H,2-5,9H2,1H3,(H,17,18,21). The lowest BCUT2D eigenvalue weighted by molar-refractivity contribution is -0.116. The second-order valence-electron chi connectivity index (χ2n) is 4.83. The van der Waals surface area contributed by atoms with Crippen molar-refractivity contribution < 1.29 is 14.3 Å². The van der Waals surface area contributed by atoms with Crippen molar-refractivity contribution in [3.8, 4) is 5.75 Å². The van der Waals surface area contributed by atoms with Crippen molar-refractivity contribution in [3.63, 3.8) is 0 Å². The Bertz CT molecular complexity index is 554. The molecule has 0 saturated carbocycles. The minimum atomic E-state index is -0.314. The van der Waals surface area contributed by atoms with Gasteiger partial charge in [0.05, 0.1) is 6.61 Å². The van der Waals surface area contributed by atoms with Crippen LogP contribution in [-0.2, 0) is 9.53 Å². The molecular weight excluding hydrogens is 286 g/mol. The van der Waals surface area contributed by atoms with Crippen LogP contribution in [0.25, 0.3) is 6.08 Å². The van der Waals surface area contributed by atoms with Crippen LogP contribution >= 0.6 is 12.2 Å². The Morgan fingerprint density at radius 1 is 1.33 bits per heavy atom. The highest BCUT2D eigenvalue weighted by Crippen LogP contribution is 2.18. The highest BCUT2D eigenvalue weighted by atomic mass is 32.1. The van der Waals surface area contributed by atoms with Crippen LogP contribution in [0.1, 0.15) is 38.2 Å². The molecule has 1 heterocycles. The molecule has 1 aromatic rings. The number of hydrogen-bond donors (Lipinski definition) is 1. The van der Waals surface area contributed by atoms with Crippen molar-refractivity contribution in [1.82, 2.24) is 5.32 Å². The molecule has 0 bridgehead atoms. The number of thiocarbonyl (C=S) groups is 1. The smallest absolute Gasteiger partial charge is 0.294 e. The molecule has 0 atom stereocenters. The molecule has 1 saturated heterocycles. The van der Waals surface area contributed by atoms with Crippen molar-refractivity contribution in [2.24, 2.45) is 0 Å². The molecule has 0 radical (unpaired) electrons. The highest BCUT2D eigenvalue weighted by molar-refractivity contribution is 7.80. The van der Waals surface area contributed by atoms with E-state index in [0.717, 1.165) is 17.7 Å². The van der Waals surface area contributed by atoms with Gasteiger partial charge in [0.25, 0.3) is 11.1 Å². The Hall–Kier alpha value is -1.88. The number of hydrogen-bond acceptors (Lipinski definition) is 4. The molecule has 5 heteroatoms. The number of amides is 1. The van der Waals surface area contributed by atoms with E-state index in [0.29, 0.717) is 6.61 Å². The lowest BCUT2D eigenvalue weighted by atomic mass is 10.2. The van der Waals surface area contributed by atoms with E-state index < -0.39 is 0 Å². The number of unbranched alkanes of at least 4 members (excludes halogenated alkanes) is 3. The molecule has 4 nitrogen and oxygen atoms in total. The summed E-state index contributed by atoms with van der Waals surface area (Å²) in [7, 11) is 0. The summed E-state index contributed by atoms with van der Waals surface area (Å²) in [5, 5.41) is 2.52. The monoisotopic (exact) mass is 305 g/mol. The third-order valence-corrected chi connectivity index (χ3v) is 3.25. The van der Waals surface area contributed by atoms with Gasteiger partial charge in [0.15, 0.2) is 5.76 Å². The number of carbonyl (C=O) groups is 1. The summed E-state index contributed by atoms with van der Waals surface area (Å²) < 4.78 is 10.8. The molecule has 1 N–H and O–H groups in total. The summed E-state index contributed by atoms with van der Waals surface area (Å²) in [5.41, 5.74) is 0.843. The van der Waals surface area contributed by atoms with E-state index in [1.807, 2.05) is 24.3 Å². The zero-order valence-corrected chi connectivity index (χ0v) is 12.9. The van der Waals surface area contributed by atoms with Gasteiger partial charge in [-0.1, -0.05) is 38.3 Å². The first-order chi connectivity index (χ1) is 10.2. The lowest BCUT2D eigenvalue weighted by Gasteiger charge is -2.06. The molecule has 21 heavy (non-hydrogen) atoms. The maximum Gasteiger partial charge on any atom is 0.294 e. The fourth-order valence-corrected chi connectivity index (χ4v) is 2.17. The third kappa shape index (κ3) is 4.86. The lowest BCUT2D eigenvalue weighted by Crippen LogP contribution is -2.18. The Balaban J connectivity index is 1.93. The van der Waals surface area contributed by atoms with E-state index in [-0.39, 0.29) is 16.8 Å². The summed E-state index contributed by atoms with van der Waals surface area (Å²) in [6.45, 7) is 2.89. The molecule has 0 unspecified atom stereocenters. The van der Waals surface area contributed by atoms with Gasteiger partial charge in [-0.2, -0.15) is 0 Å². The van der Waals surface area contributed by atoms with Gasteiger partial charge in [0, 0.05) is 0 Å². The third-order valence-electron chi connectivity index (χ3n) is 3.06. The molecular formula is C16H19NO3S. The second kappa shape index (κ2) is 7.78. The molecule has 1 aromatic carbocycles. The van der Waals surface area contributed by atoms with Crippen molar-refractivity contribution >= 4 is 29.4 Å². The number of ether oxygens (including phenoxy) is 2. The zero-order chi connectivity index (χ0) is 15.1. The minimum Gasteiger partial charge on any atom is -0.494 e. The Kier molecular flexibility index (Phi) is 5.75. The van der Waals surface area contributed by atoms with Gasteiger partial charge in [-0.15, -0.1) is 0 Å². The minimum absolute atomic E-state index is 0.0922. The van der Waals surface area contributed by atoms with Gasteiger partial charge in [-0.05, 0) is 42.4 Å². The van der Waals surface area contributed by atoms with Gasteiger partial charge in [0.2, 0.25) is 0 Å². The molecule has 2 rings (SSSR count). The van der Waals surface area contributed by atoms with E-state index in [1.165, 1.54) is 19.3 Å². The predicted octanol–water partition coefficient (Wildman–Crippen LogP) is 3.42. The van der Waals surface area contributed by atoms with Crippen LogP contribution in [-0.4, -0.2) is 17.7 Å². The first kappa shape index (κ1) is 15.5. The first-order valence-electron chi connectivity index (χ1n) is 7.17. The van der Waals surface area contributed by atoms with Crippen LogP contribution in [0.3, 0.4) is 0 Å². The summed E-state index contributed by atoms with van der Waals surface area (Å²) in [5.74, 6) is 0.688. The predicted molar refractivity (Wildman–Crippen MR) is 85.9 cm³/mol. The quantitative estimate of drug-likeness (QED) is 0.476. The molecule has 1 fully saturated rings. The molecule has 1 amide bonds. The maximum atomic E-state index is 11.5. The van der Waals surface area contributed by atoms with E-state index >= 15 is 0 Å². The molecule has 0 aromatic heterocycles. The summed E-state index contributed by atoms with van der Waals surface area (Å²) in [4.78, 5) is 11.5. The average Bonchev–Trinajstić information content (AvgIpc) is 2.77. The van der Waals surface area contributed by atoms with Gasteiger partial charge in [-0.3, -0.25) is 10.1 Å². The van der Waals surface area contributed by atoms with E-state index in [4.69, 9.17) is 21.7 Å². The van der Waals surface area contributed by atoms with Gasteiger partial charge < -0.3 is 9.47 Å². The van der Waals surface area contributed by atoms with Gasteiger partial charge in [-0.25, -0.2) is 0 Å². The van der Waals surface area contributed by atoms with Crippen LogP contribution in [0.5, 0.6) is 5.75 Å². The van der Waals surface area contributed by atoms with E-state index in [2.05, 4.69) is 12.2 Å². The van der Waals surface area contributed by atoms with Crippen LogP contribution < -0.4 is 10.1 Å². The van der Waals surface area contributed by atoms with Crippen molar-refractivity contribution in [1.29, 1.82) is 0 Å². The topological polar surface area (TPSA) is 47.6 Å².